The van der Waals surface area contributed by atoms with Gasteiger partial charge in [-0.15, -0.1) is 0 Å². The Morgan fingerprint density at radius 2 is 1.45 bits per heavy atom. The molecule has 0 saturated heterocycles. The first-order chi connectivity index (χ1) is 14.1. The van der Waals surface area contributed by atoms with Gasteiger partial charge in [0.25, 0.3) is 0 Å². The minimum atomic E-state index is -0.500. The smallest absolute Gasteiger partial charge is 0.335 e. The molecule has 0 spiro atoms. The summed E-state index contributed by atoms with van der Waals surface area (Å²) < 4.78 is 15.6. The second-order valence-electron chi connectivity index (χ2n) is 5.87. The summed E-state index contributed by atoms with van der Waals surface area (Å²) in [6.07, 6.45) is 5.52. The van der Waals surface area contributed by atoms with Crippen LogP contribution in [0.1, 0.15) is 18.4 Å². The Hall–Kier alpha value is -3.67. The van der Waals surface area contributed by atoms with Gasteiger partial charge in [0.2, 0.25) is 0 Å². The van der Waals surface area contributed by atoms with Gasteiger partial charge in [0.15, 0.2) is 0 Å². The summed E-state index contributed by atoms with van der Waals surface area (Å²) >= 11 is 0. The maximum Gasteiger partial charge on any atom is 0.335 e. The van der Waals surface area contributed by atoms with E-state index in [2.05, 4.69) is 18.2 Å². The molecule has 0 aliphatic rings. The second-order valence-corrected chi connectivity index (χ2v) is 5.87. The van der Waals surface area contributed by atoms with Crippen LogP contribution in [0, 0.1) is 0 Å². The standard InChI is InChI=1S/C23H23NO5/c1-3-22(25)28-16-6-5-15-27-20-11-7-18(8-12-20)17-24-19-9-13-21(14-10-19)29-23(26)4-2/h3-4,7-14,17H,1-2,5-6,15-16H2. The number of hydrogen-bond donors (Lipinski definition) is 0. The molecule has 0 bridgehead atoms. The molecule has 0 fully saturated rings. The first-order valence-corrected chi connectivity index (χ1v) is 9.11. The van der Waals surface area contributed by atoms with Gasteiger partial charge in [0.1, 0.15) is 11.5 Å². The van der Waals surface area contributed by atoms with Crippen molar-refractivity contribution in [2.24, 2.45) is 4.99 Å². The Balaban J connectivity index is 1.75. The van der Waals surface area contributed by atoms with Gasteiger partial charge in [-0.3, -0.25) is 4.99 Å². The van der Waals surface area contributed by atoms with Crippen molar-refractivity contribution in [2.45, 2.75) is 12.8 Å². The number of ether oxygens (including phenoxy) is 3. The zero-order valence-electron chi connectivity index (χ0n) is 16.1. The van der Waals surface area contributed by atoms with Gasteiger partial charge < -0.3 is 14.2 Å². The predicted octanol–water partition coefficient (Wildman–Crippen LogP) is 4.42. The summed E-state index contributed by atoms with van der Waals surface area (Å²) in [6.45, 7) is 7.60. The van der Waals surface area contributed by atoms with E-state index in [0.717, 1.165) is 42.0 Å². The second kappa shape index (κ2) is 11.9. The molecule has 0 aliphatic heterocycles. The quantitative estimate of drug-likeness (QED) is 0.186. The van der Waals surface area contributed by atoms with Gasteiger partial charge in [0, 0.05) is 18.4 Å². The Morgan fingerprint density at radius 1 is 0.828 bits per heavy atom. The van der Waals surface area contributed by atoms with Crippen molar-refractivity contribution in [2.75, 3.05) is 13.2 Å². The molecule has 0 unspecified atom stereocenters. The van der Waals surface area contributed by atoms with Gasteiger partial charge in [-0.05, 0) is 66.9 Å². The lowest BCUT2D eigenvalue weighted by atomic mass is 10.2. The lowest BCUT2D eigenvalue weighted by Gasteiger charge is -2.06. The predicted molar refractivity (Wildman–Crippen MR) is 112 cm³/mol. The van der Waals surface area contributed by atoms with Crippen LogP contribution in [0.4, 0.5) is 5.69 Å². The van der Waals surface area contributed by atoms with Crippen LogP contribution in [-0.2, 0) is 14.3 Å². The molecule has 0 heterocycles. The summed E-state index contributed by atoms with van der Waals surface area (Å²) in [4.78, 5) is 26.4. The molecule has 0 atom stereocenters. The van der Waals surface area contributed by atoms with E-state index in [4.69, 9.17) is 14.2 Å². The molecule has 150 valence electrons. The fraction of sp³-hybridized carbons (Fsp3) is 0.174. The lowest BCUT2D eigenvalue weighted by molar-refractivity contribution is -0.137. The van der Waals surface area contributed by atoms with Gasteiger partial charge in [-0.1, -0.05) is 13.2 Å². The van der Waals surface area contributed by atoms with E-state index in [0.29, 0.717) is 19.0 Å². The minimum absolute atomic E-state index is 0.362. The molecule has 0 N–H and O–H groups in total. The summed E-state index contributed by atoms with van der Waals surface area (Å²) in [5.41, 5.74) is 1.66. The minimum Gasteiger partial charge on any atom is -0.494 e. The summed E-state index contributed by atoms with van der Waals surface area (Å²) in [6, 6.07) is 14.4. The third kappa shape index (κ3) is 8.26. The van der Waals surface area contributed by atoms with Crippen molar-refractivity contribution in [3.63, 3.8) is 0 Å². The SMILES string of the molecule is C=CC(=O)OCCCCOc1ccc(C=Nc2ccc(OC(=O)C=C)cc2)cc1. The van der Waals surface area contributed by atoms with E-state index >= 15 is 0 Å². The maximum atomic E-state index is 11.2. The molecule has 6 heteroatoms. The van der Waals surface area contributed by atoms with E-state index in [1.54, 1.807) is 30.5 Å². The number of esters is 2. The van der Waals surface area contributed by atoms with Crippen molar-refractivity contribution < 1.29 is 23.8 Å². The molecule has 6 nitrogen and oxygen atoms in total. The Kier molecular flexibility index (Phi) is 8.89. The van der Waals surface area contributed by atoms with Gasteiger partial charge >= 0.3 is 11.9 Å². The van der Waals surface area contributed by atoms with Crippen molar-refractivity contribution in [1.29, 1.82) is 0 Å². The van der Waals surface area contributed by atoms with Gasteiger partial charge in [-0.25, -0.2) is 9.59 Å². The van der Waals surface area contributed by atoms with Crippen LogP contribution in [-0.4, -0.2) is 31.4 Å². The van der Waals surface area contributed by atoms with Crippen LogP contribution in [0.2, 0.25) is 0 Å². The fourth-order valence-electron chi connectivity index (χ4n) is 2.18. The highest BCUT2D eigenvalue weighted by molar-refractivity contribution is 5.84. The number of carbonyl (C=O) groups excluding carboxylic acids is 2. The Morgan fingerprint density at radius 3 is 2.10 bits per heavy atom. The molecule has 2 aromatic carbocycles. The lowest BCUT2D eigenvalue weighted by Crippen LogP contribution is -2.04. The van der Waals surface area contributed by atoms with Crippen LogP contribution >= 0.6 is 0 Å². The highest BCUT2D eigenvalue weighted by Gasteiger charge is 2.00. The van der Waals surface area contributed by atoms with Crippen LogP contribution in [0.25, 0.3) is 0 Å². The molecule has 0 aromatic heterocycles. The molecule has 0 aliphatic carbocycles. The number of unbranched alkanes of at least 4 members (excludes halogenated alkanes) is 1. The van der Waals surface area contributed by atoms with Gasteiger partial charge in [-0.2, -0.15) is 0 Å². The number of nitrogens with zero attached hydrogens (tertiary/aromatic N) is 1. The van der Waals surface area contributed by atoms with Crippen LogP contribution in [0.3, 0.4) is 0 Å². The monoisotopic (exact) mass is 393 g/mol. The average molecular weight is 393 g/mol. The number of aliphatic imine (C=N–C) groups is 1. The third-order valence-electron chi connectivity index (χ3n) is 3.68. The molecule has 0 amide bonds. The maximum absolute atomic E-state index is 11.2. The number of benzene rings is 2. The van der Waals surface area contributed by atoms with E-state index < -0.39 is 11.9 Å². The first-order valence-electron chi connectivity index (χ1n) is 9.11. The van der Waals surface area contributed by atoms with Crippen molar-refractivity contribution >= 4 is 23.8 Å². The van der Waals surface area contributed by atoms with Crippen molar-refractivity contribution in [3.05, 3.63) is 79.4 Å². The van der Waals surface area contributed by atoms with Crippen LogP contribution in [0.5, 0.6) is 11.5 Å². The third-order valence-corrected chi connectivity index (χ3v) is 3.68. The highest BCUT2D eigenvalue weighted by Crippen LogP contribution is 2.19. The Bertz CT molecular complexity index is 854. The summed E-state index contributed by atoms with van der Waals surface area (Å²) in [7, 11) is 0. The van der Waals surface area contributed by atoms with Crippen LogP contribution in [0.15, 0.2) is 78.8 Å². The first kappa shape index (κ1) is 21.6. The van der Waals surface area contributed by atoms with Crippen LogP contribution < -0.4 is 9.47 Å². The summed E-state index contributed by atoms with van der Waals surface area (Å²) in [5.74, 6) is 0.294. The fourth-order valence-corrected chi connectivity index (χ4v) is 2.18. The molecule has 0 saturated carbocycles. The molecular formula is C23H23NO5. The Labute approximate surface area is 170 Å². The number of rotatable bonds is 11. The largest absolute Gasteiger partial charge is 0.494 e. The highest BCUT2D eigenvalue weighted by atomic mass is 16.5. The van der Waals surface area contributed by atoms with Crippen molar-refractivity contribution in [3.8, 4) is 11.5 Å². The zero-order chi connectivity index (χ0) is 20.9. The summed E-state index contributed by atoms with van der Waals surface area (Å²) in [5, 5.41) is 0. The molecule has 2 rings (SSSR count). The van der Waals surface area contributed by atoms with Gasteiger partial charge in [0.05, 0.1) is 18.9 Å². The average Bonchev–Trinajstić information content (AvgIpc) is 2.76. The topological polar surface area (TPSA) is 74.2 Å². The molecule has 2 aromatic rings. The van der Waals surface area contributed by atoms with E-state index in [1.807, 2.05) is 24.3 Å². The zero-order valence-corrected chi connectivity index (χ0v) is 16.1. The van der Waals surface area contributed by atoms with E-state index in [-0.39, 0.29) is 0 Å². The molecule has 29 heavy (non-hydrogen) atoms. The molecular weight excluding hydrogens is 370 g/mol. The van der Waals surface area contributed by atoms with E-state index in [9.17, 15) is 9.59 Å². The molecule has 0 radical (unpaired) electrons. The van der Waals surface area contributed by atoms with Crippen molar-refractivity contribution in [1.82, 2.24) is 0 Å². The normalized spacial score (nSPS) is 10.3. The number of hydrogen-bond acceptors (Lipinski definition) is 6. The van der Waals surface area contributed by atoms with E-state index in [1.165, 1.54) is 0 Å². The number of carbonyl (C=O) groups is 2.